The molecule has 0 atom stereocenters. The third-order valence-electron chi connectivity index (χ3n) is 4.28. The molecule has 0 radical (unpaired) electrons. The molecule has 2 aromatic rings. The van der Waals surface area contributed by atoms with E-state index in [1.165, 1.54) is 34.6 Å². The highest BCUT2D eigenvalue weighted by molar-refractivity contribution is 7.89. The van der Waals surface area contributed by atoms with E-state index in [0.717, 1.165) is 25.0 Å². The van der Waals surface area contributed by atoms with Crippen LogP contribution in [0.5, 0.6) is 0 Å². The normalized spacial score (nSPS) is 14.6. The smallest absolute Gasteiger partial charge is 0.267 e. The van der Waals surface area contributed by atoms with Crippen LogP contribution in [0.1, 0.15) is 33.6 Å². The molecule has 148 valence electrons. The highest BCUT2D eigenvalue weighted by Gasteiger charge is 2.29. The minimum atomic E-state index is -3.82. The van der Waals surface area contributed by atoms with Gasteiger partial charge in [-0.25, -0.2) is 12.8 Å². The first-order valence-corrected chi connectivity index (χ1v) is 10.3. The standard InChI is InChI=1S/C18H17ClFN3O4S/c19-14-8-7-12(11-16(14)28(26,27)23-9-3-4-10-23)17(24)21-22-18(25)13-5-1-2-6-15(13)20/h1-2,5-8,11H,3-4,9-10H2,(H,21,24)(H,22,25). The van der Waals surface area contributed by atoms with Crippen molar-refractivity contribution in [1.29, 1.82) is 0 Å². The topological polar surface area (TPSA) is 95.6 Å². The number of amides is 2. The first-order chi connectivity index (χ1) is 13.3. The van der Waals surface area contributed by atoms with Gasteiger partial charge in [-0.3, -0.25) is 20.4 Å². The van der Waals surface area contributed by atoms with E-state index < -0.39 is 27.7 Å². The Balaban J connectivity index is 1.76. The zero-order valence-corrected chi connectivity index (χ0v) is 16.2. The Kier molecular flexibility index (Phi) is 5.97. The van der Waals surface area contributed by atoms with Crippen molar-refractivity contribution in [3.63, 3.8) is 0 Å². The average molecular weight is 426 g/mol. The van der Waals surface area contributed by atoms with Crippen LogP contribution in [-0.4, -0.2) is 37.6 Å². The zero-order valence-electron chi connectivity index (χ0n) is 14.6. The van der Waals surface area contributed by atoms with Crippen LogP contribution in [-0.2, 0) is 10.0 Å². The third-order valence-corrected chi connectivity index (χ3v) is 6.66. The number of hydrogen-bond acceptors (Lipinski definition) is 4. The summed E-state index contributed by atoms with van der Waals surface area (Å²) in [5, 5.41) is -0.00107. The van der Waals surface area contributed by atoms with Crippen molar-refractivity contribution in [3.05, 3.63) is 64.4 Å². The molecule has 2 amide bonds. The Morgan fingerprint density at radius 1 is 1.00 bits per heavy atom. The summed E-state index contributed by atoms with van der Waals surface area (Å²) in [6.45, 7) is 0.793. The zero-order chi connectivity index (χ0) is 20.3. The van der Waals surface area contributed by atoms with E-state index in [1.54, 1.807) is 0 Å². The van der Waals surface area contributed by atoms with E-state index in [2.05, 4.69) is 10.9 Å². The number of benzene rings is 2. The molecule has 1 aliphatic heterocycles. The molecule has 0 unspecified atom stereocenters. The molecule has 1 fully saturated rings. The van der Waals surface area contributed by atoms with Crippen LogP contribution < -0.4 is 10.9 Å². The van der Waals surface area contributed by atoms with E-state index in [9.17, 15) is 22.4 Å². The number of carbonyl (C=O) groups is 2. The molecule has 2 aromatic carbocycles. The van der Waals surface area contributed by atoms with E-state index in [1.807, 2.05) is 0 Å². The van der Waals surface area contributed by atoms with Crippen LogP contribution in [0.2, 0.25) is 5.02 Å². The Bertz CT molecular complexity index is 1020. The second-order valence-electron chi connectivity index (χ2n) is 6.14. The van der Waals surface area contributed by atoms with Crippen molar-refractivity contribution in [3.8, 4) is 0 Å². The summed E-state index contributed by atoms with van der Waals surface area (Å²) >= 11 is 6.04. The Hall–Kier alpha value is -2.49. The van der Waals surface area contributed by atoms with Crippen LogP contribution >= 0.6 is 11.6 Å². The predicted molar refractivity (Wildman–Crippen MR) is 101 cm³/mol. The molecule has 0 bridgehead atoms. The van der Waals surface area contributed by atoms with Gasteiger partial charge in [0.25, 0.3) is 11.8 Å². The Labute approximate surface area is 166 Å². The van der Waals surface area contributed by atoms with Gasteiger partial charge in [-0.05, 0) is 43.2 Å². The fraction of sp³-hybridized carbons (Fsp3) is 0.222. The Morgan fingerprint density at radius 3 is 2.32 bits per heavy atom. The quantitative estimate of drug-likeness (QED) is 0.735. The molecule has 7 nitrogen and oxygen atoms in total. The summed E-state index contributed by atoms with van der Waals surface area (Å²) in [6.07, 6.45) is 1.53. The number of nitrogens with one attached hydrogen (secondary N) is 2. The molecule has 1 saturated heterocycles. The summed E-state index contributed by atoms with van der Waals surface area (Å²) < 4.78 is 40.4. The maximum atomic E-state index is 13.6. The summed E-state index contributed by atoms with van der Waals surface area (Å²) in [6, 6.07) is 9.08. The van der Waals surface area contributed by atoms with Gasteiger partial charge in [0.15, 0.2) is 0 Å². The lowest BCUT2D eigenvalue weighted by Crippen LogP contribution is -2.42. The lowest BCUT2D eigenvalue weighted by Gasteiger charge is -2.17. The highest BCUT2D eigenvalue weighted by atomic mass is 35.5. The molecule has 0 spiro atoms. The number of halogens is 2. The lowest BCUT2D eigenvalue weighted by molar-refractivity contribution is 0.0844. The molecule has 10 heteroatoms. The number of nitrogens with zero attached hydrogens (tertiary/aromatic N) is 1. The van der Waals surface area contributed by atoms with E-state index in [-0.39, 0.29) is 21.0 Å². The first kappa shape index (κ1) is 20.2. The monoisotopic (exact) mass is 425 g/mol. The molecule has 2 N–H and O–H groups in total. The SMILES string of the molecule is O=C(NNC(=O)c1ccccc1F)c1ccc(Cl)c(S(=O)(=O)N2CCCC2)c1. The maximum absolute atomic E-state index is 13.6. The fourth-order valence-electron chi connectivity index (χ4n) is 2.81. The second kappa shape index (κ2) is 8.26. The molecule has 1 aliphatic rings. The van der Waals surface area contributed by atoms with Crippen LogP contribution in [0.15, 0.2) is 47.4 Å². The number of sulfonamides is 1. The molecule has 0 aliphatic carbocycles. The minimum Gasteiger partial charge on any atom is -0.267 e. The lowest BCUT2D eigenvalue weighted by atomic mass is 10.2. The van der Waals surface area contributed by atoms with Crippen LogP contribution in [0.4, 0.5) is 4.39 Å². The minimum absolute atomic E-state index is 0.00107. The van der Waals surface area contributed by atoms with Gasteiger partial charge < -0.3 is 0 Å². The molecular weight excluding hydrogens is 409 g/mol. The van der Waals surface area contributed by atoms with Crippen molar-refractivity contribution in [2.45, 2.75) is 17.7 Å². The number of hydrazine groups is 1. The summed E-state index contributed by atoms with van der Waals surface area (Å²) in [7, 11) is -3.82. The van der Waals surface area contributed by atoms with Gasteiger partial charge in [-0.1, -0.05) is 23.7 Å². The summed E-state index contributed by atoms with van der Waals surface area (Å²) in [4.78, 5) is 24.1. The largest absolute Gasteiger partial charge is 0.272 e. The predicted octanol–water partition coefficient (Wildman–Crippen LogP) is 2.34. The summed E-state index contributed by atoms with van der Waals surface area (Å²) in [5.74, 6) is -2.34. The van der Waals surface area contributed by atoms with E-state index in [4.69, 9.17) is 11.6 Å². The Morgan fingerprint density at radius 2 is 1.64 bits per heavy atom. The second-order valence-corrected chi connectivity index (χ2v) is 8.46. The van der Waals surface area contributed by atoms with E-state index in [0.29, 0.717) is 13.1 Å². The van der Waals surface area contributed by atoms with Gasteiger partial charge in [0.1, 0.15) is 10.7 Å². The summed E-state index contributed by atoms with van der Waals surface area (Å²) in [5.41, 5.74) is 3.97. The first-order valence-electron chi connectivity index (χ1n) is 8.45. The van der Waals surface area contributed by atoms with Crippen molar-refractivity contribution in [1.82, 2.24) is 15.2 Å². The molecule has 3 rings (SSSR count). The number of rotatable bonds is 4. The number of carbonyl (C=O) groups excluding carboxylic acids is 2. The highest BCUT2D eigenvalue weighted by Crippen LogP contribution is 2.28. The van der Waals surface area contributed by atoms with Gasteiger partial charge in [0.05, 0.1) is 10.6 Å². The van der Waals surface area contributed by atoms with Gasteiger partial charge in [-0.2, -0.15) is 4.31 Å². The van der Waals surface area contributed by atoms with Gasteiger partial charge in [0.2, 0.25) is 10.0 Å². The molecule has 28 heavy (non-hydrogen) atoms. The maximum Gasteiger partial charge on any atom is 0.272 e. The number of hydrogen-bond donors (Lipinski definition) is 2. The van der Waals surface area contributed by atoms with Gasteiger partial charge in [-0.15, -0.1) is 0 Å². The average Bonchev–Trinajstić information content (AvgIpc) is 3.22. The van der Waals surface area contributed by atoms with E-state index >= 15 is 0 Å². The van der Waals surface area contributed by atoms with Crippen molar-refractivity contribution < 1.29 is 22.4 Å². The molecule has 0 saturated carbocycles. The van der Waals surface area contributed by atoms with Gasteiger partial charge >= 0.3 is 0 Å². The van der Waals surface area contributed by atoms with Crippen molar-refractivity contribution in [2.24, 2.45) is 0 Å². The molecule has 0 aromatic heterocycles. The fourth-order valence-corrected chi connectivity index (χ4v) is 4.83. The van der Waals surface area contributed by atoms with Crippen LogP contribution in [0.25, 0.3) is 0 Å². The van der Waals surface area contributed by atoms with Crippen molar-refractivity contribution in [2.75, 3.05) is 13.1 Å². The molecule has 1 heterocycles. The van der Waals surface area contributed by atoms with Crippen LogP contribution in [0, 0.1) is 5.82 Å². The van der Waals surface area contributed by atoms with Crippen LogP contribution in [0.3, 0.4) is 0 Å². The van der Waals surface area contributed by atoms with Crippen molar-refractivity contribution >= 4 is 33.4 Å². The molecular formula is C18H17ClFN3O4S. The van der Waals surface area contributed by atoms with Gasteiger partial charge in [0, 0.05) is 18.7 Å². The third kappa shape index (κ3) is 4.16.